The first kappa shape index (κ1) is 15.6. The number of benzene rings is 1. The fraction of sp³-hybridized carbons (Fsp3) is 0.316. The second-order valence-corrected chi connectivity index (χ2v) is 6.21. The topological polar surface area (TPSA) is 52.0 Å². The first-order valence-corrected chi connectivity index (χ1v) is 7.63. The maximum atomic E-state index is 11.2. The minimum absolute atomic E-state index is 0.0255. The molecule has 2 heterocycles. The third-order valence-corrected chi connectivity index (χ3v) is 3.84. The molecule has 0 bridgehead atoms. The molecule has 23 heavy (non-hydrogen) atoms. The maximum absolute atomic E-state index is 11.2. The van der Waals surface area contributed by atoms with E-state index in [0.29, 0.717) is 17.9 Å². The van der Waals surface area contributed by atoms with Crippen molar-refractivity contribution in [3.8, 4) is 5.75 Å². The minimum Gasteiger partial charge on any atom is -0.489 e. The Morgan fingerprint density at radius 2 is 2.04 bits per heavy atom. The first-order chi connectivity index (χ1) is 10.9. The average Bonchev–Trinajstić information content (AvgIpc) is 3.12. The summed E-state index contributed by atoms with van der Waals surface area (Å²) in [6.07, 6.45) is 6.31. The van der Waals surface area contributed by atoms with Crippen LogP contribution in [0.3, 0.4) is 0 Å². The highest BCUT2D eigenvalue weighted by atomic mass is 16.6. The van der Waals surface area contributed by atoms with Gasteiger partial charge in [0.25, 0.3) is 0 Å². The molecule has 2 aromatic rings. The fourth-order valence-electron chi connectivity index (χ4n) is 2.27. The Hall–Kier alpha value is -2.33. The van der Waals surface area contributed by atoms with Crippen molar-refractivity contribution >= 4 is 11.0 Å². The van der Waals surface area contributed by atoms with Crippen molar-refractivity contribution in [3.05, 3.63) is 64.6 Å². The summed E-state index contributed by atoms with van der Waals surface area (Å²) in [4.78, 5) is 11.2. The van der Waals surface area contributed by atoms with Crippen LogP contribution in [-0.4, -0.2) is 18.3 Å². The first-order valence-electron chi connectivity index (χ1n) is 7.63. The van der Waals surface area contributed by atoms with Crippen LogP contribution in [-0.2, 0) is 4.74 Å². The van der Waals surface area contributed by atoms with Crippen LogP contribution < -0.4 is 10.4 Å². The molecule has 1 saturated heterocycles. The largest absolute Gasteiger partial charge is 0.489 e. The number of hydrogen-bond donors (Lipinski definition) is 0. The summed E-state index contributed by atoms with van der Waals surface area (Å²) >= 11 is 0. The zero-order valence-corrected chi connectivity index (χ0v) is 13.5. The van der Waals surface area contributed by atoms with Gasteiger partial charge in [0.2, 0.25) is 0 Å². The standard InChI is InChI=1S/C19H20O4/c1-13(4-8-17-19(2,3)23-17)10-11-21-15-7-5-14-6-9-18(20)22-16(14)12-15/h4-10,12,17H,11H2,1-3H3/b8-4+,13-10+. The van der Waals surface area contributed by atoms with Gasteiger partial charge in [-0.05, 0) is 45.0 Å². The van der Waals surface area contributed by atoms with E-state index in [1.807, 2.05) is 31.2 Å². The predicted octanol–water partition coefficient (Wildman–Crippen LogP) is 3.85. The summed E-state index contributed by atoms with van der Waals surface area (Å²) in [6, 6.07) is 8.61. The van der Waals surface area contributed by atoms with Crippen LogP contribution in [0.5, 0.6) is 5.75 Å². The van der Waals surface area contributed by atoms with E-state index in [9.17, 15) is 4.79 Å². The molecule has 120 valence electrons. The molecule has 4 heteroatoms. The third-order valence-electron chi connectivity index (χ3n) is 3.84. The summed E-state index contributed by atoms with van der Waals surface area (Å²) in [7, 11) is 0. The van der Waals surface area contributed by atoms with E-state index >= 15 is 0 Å². The van der Waals surface area contributed by atoms with E-state index in [1.54, 1.807) is 12.1 Å². The van der Waals surface area contributed by atoms with Crippen molar-refractivity contribution in [3.63, 3.8) is 0 Å². The zero-order chi connectivity index (χ0) is 16.4. The van der Waals surface area contributed by atoms with Gasteiger partial charge in [0.1, 0.15) is 24.0 Å². The minimum atomic E-state index is -0.360. The van der Waals surface area contributed by atoms with Gasteiger partial charge in [-0.15, -0.1) is 0 Å². The Morgan fingerprint density at radius 1 is 1.30 bits per heavy atom. The number of fused-ring (bicyclic) bond motifs is 1. The van der Waals surface area contributed by atoms with Crippen molar-refractivity contribution < 1.29 is 13.9 Å². The predicted molar refractivity (Wildman–Crippen MR) is 89.8 cm³/mol. The molecular weight excluding hydrogens is 292 g/mol. The van der Waals surface area contributed by atoms with Crippen LogP contribution in [0, 0.1) is 0 Å². The molecule has 0 aliphatic carbocycles. The molecule has 1 fully saturated rings. The Bertz CT molecular complexity index is 827. The van der Waals surface area contributed by atoms with E-state index in [1.165, 1.54) is 6.07 Å². The molecule has 0 N–H and O–H groups in total. The van der Waals surface area contributed by atoms with Gasteiger partial charge in [-0.25, -0.2) is 4.79 Å². The Morgan fingerprint density at radius 3 is 2.78 bits per heavy atom. The van der Waals surface area contributed by atoms with Gasteiger partial charge >= 0.3 is 5.63 Å². The monoisotopic (exact) mass is 312 g/mol. The summed E-state index contributed by atoms with van der Waals surface area (Å²) in [5, 5.41) is 0.874. The molecule has 1 aromatic carbocycles. The van der Waals surface area contributed by atoms with Crippen molar-refractivity contribution in [2.45, 2.75) is 32.5 Å². The van der Waals surface area contributed by atoms with Crippen LogP contribution >= 0.6 is 0 Å². The summed E-state index contributed by atoms with van der Waals surface area (Å²) in [5.74, 6) is 0.673. The lowest BCUT2D eigenvalue weighted by Gasteiger charge is -2.04. The molecule has 3 rings (SSSR count). The van der Waals surface area contributed by atoms with E-state index in [0.717, 1.165) is 11.0 Å². The molecule has 1 aliphatic heterocycles. The van der Waals surface area contributed by atoms with Crippen molar-refractivity contribution in [1.82, 2.24) is 0 Å². The smallest absolute Gasteiger partial charge is 0.336 e. The molecule has 1 atom stereocenters. The molecule has 0 radical (unpaired) electrons. The van der Waals surface area contributed by atoms with Gasteiger partial charge in [0.15, 0.2) is 0 Å². The SMILES string of the molecule is CC(/C=C/C1OC1(C)C)=C\COc1ccc2ccc(=O)oc2c1. The summed E-state index contributed by atoms with van der Waals surface area (Å²) in [5.41, 5.74) is 1.26. The number of rotatable bonds is 5. The summed E-state index contributed by atoms with van der Waals surface area (Å²) in [6.45, 7) is 6.62. The summed E-state index contributed by atoms with van der Waals surface area (Å²) < 4.78 is 16.3. The van der Waals surface area contributed by atoms with Crippen molar-refractivity contribution in [1.29, 1.82) is 0 Å². The lowest BCUT2D eigenvalue weighted by Crippen LogP contribution is -1.99. The average molecular weight is 312 g/mol. The normalized spacial score (nSPS) is 20.1. The van der Waals surface area contributed by atoms with E-state index in [4.69, 9.17) is 13.9 Å². The quantitative estimate of drug-likeness (QED) is 0.478. The second kappa shape index (κ2) is 6.05. The van der Waals surface area contributed by atoms with Crippen LogP contribution in [0.15, 0.2) is 63.3 Å². The number of epoxide rings is 1. The van der Waals surface area contributed by atoms with Crippen LogP contribution in [0.25, 0.3) is 11.0 Å². The molecule has 4 nitrogen and oxygen atoms in total. The molecule has 1 aromatic heterocycles. The molecule has 0 spiro atoms. The third kappa shape index (κ3) is 3.90. The second-order valence-electron chi connectivity index (χ2n) is 6.21. The van der Waals surface area contributed by atoms with Crippen LogP contribution in [0.1, 0.15) is 20.8 Å². The van der Waals surface area contributed by atoms with E-state index in [2.05, 4.69) is 19.9 Å². The van der Waals surface area contributed by atoms with Gasteiger partial charge in [-0.2, -0.15) is 0 Å². The van der Waals surface area contributed by atoms with Gasteiger partial charge in [-0.3, -0.25) is 0 Å². The number of ether oxygens (including phenoxy) is 2. The maximum Gasteiger partial charge on any atom is 0.336 e. The Labute approximate surface area is 135 Å². The van der Waals surface area contributed by atoms with Crippen LogP contribution in [0.2, 0.25) is 0 Å². The lowest BCUT2D eigenvalue weighted by molar-refractivity contribution is 0.333. The molecular formula is C19H20O4. The molecule has 1 aliphatic rings. The van der Waals surface area contributed by atoms with Gasteiger partial charge in [0, 0.05) is 17.5 Å². The highest BCUT2D eigenvalue weighted by Gasteiger charge is 2.45. The van der Waals surface area contributed by atoms with E-state index < -0.39 is 0 Å². The van der Waals surface area contributed by atoms with Crippen molar-refractivity contribution in [2.75, 3.05) is 6.61 Å². The highest BCUT2D eigenvalue weighted by molar-refractivity contribution is 5.77. The number of allylic oxidation sites excluding steroid dienone is 2. The Balaban J connectivity index is 1.59. The van der Waals surface area contributed by atoms with Gasteiger partial charge in [-0.1, -0.05) is 17.7 Å². The fourth-order valence-corrected chi connectivity index (χ4v) is 2.27. The lowest BCUT2D eigenvalue weighted by atomic mass is 10.1. The molecule has 1 unspecified atom stereocenters. The van der Waals surface area contributed by atoms with Gasteiger partial charge in [0.05, 0.1) is 5.60 Å². The Kier molecular flexibility index (Phi) is 4.09. The van der Waals surface area contributed by atoms with E-state index in [-0.39, 0.29) is 17.3 Å². The van der Waals surface area contributed by atoms with Crippen LogP contribution in [0.4, 0.5) is 0 Å². The number of hydrogen-bond acceptors (Lipinski definition) is 4. The van der Waals surface area contributed by atoms with Gasteiger partial charge < -0.3 is 13.9 Å². The zero-order valence-electron chi connectivity index (χ0n) is 13.5. The molecule has 0 amide bonds. The van der Waals surface area contributed by atoms with Crippen molar-refractivity contribution in [2.24, 2.45) is 0 Å². The molecule has 0 saturated carbocycles. The highest BCUT2D eigenvalue weighted by Crippen LogP contribution is 2.36.